The van der Waals surface area contributed by atoms with Crippen molar-refractivity contribution in [2.24, 2.45) is 0 Å². The summed E-state index contributed by atoms with van der Waals surface area (Å²) in [5.74, 6) is -1.33. The topological polar surface area (TPSA) is 75.7 Å². The van der Waals surface area contributed by atoms with Crippen molar-refractivity contribution >= 4 is 17.8 Å². The van der Waals surface area contributed by atoms with E-state index in [0.717, 1.165) is 18.4 Å². The maximum Gasteiger partial charge on any atom is 0.339 e. The molecule has 6 nitrogen and oxygen atoms in total. The van der Waals surface area contributed by atoms with Crippen LogP contribution in [0.15, 0.2) is 54.6 Å². The van der Waals surface area contributed by atoms with E-state index < -0.39 is 5.97 Å². The first-order valence-electron chi connectivity index (χ1n) is 9.35. The Labute approximate surface area is 165 Å². The average molecular weight is 382 g/mol. The van der Waals surface area contributed by atoms with Crippen LogP contribution in [0.25, 0.3) is 0 Å². The van der Waals surface area contributed by atoms with Gasteiger partial charge in [-0.15, -0.1) is 0 Å². The first-order valence-corrected chi connectivity index (χ1v) is 9.35. The van der Waals surface area contributed by atoms with Crippen molar-refractivity contribution in [3.63, 3.8) is 0 Å². The van der Waals surface area contributed by atoms with Crippen LogP contribution in [-0.4, -0.2) is 42.9 Å². The molecule has 2 aromatic carbocycles. The van der Waals surface area contributed by atoms with Crippen molar-refractivity contribution in [2.45, 2.75) is 26.3 Å². The molecular formula is C22H26N2O4. The van der Waals surface area contributed by atoms with Gasteiger partial charge in [-0.1, -0.05) is 55.8 Å². The van der Waals surface area contributed by atoms with E-state index in [0.29, 0.717) is 13.1 Å². The predicted octanol–water partition coefficient (Wildman–Crippen LogP) is 3.03. The highest BCUT2D eigenvalue weighted by molar-refractivity contribution is 6.05. The molecule has 0 unspecified atom stereocenters. The third kappa shape index (κ3) is 6.23. The Morgan fingerprint density at radius 2 is 1.61 bits per heavy atom. The zero-order chi connectivity index (χ0) is 20.4. The molecule has 0 saturated heterocycles. The summed E-state index contributed by atoms with van der Waals surface area (Å²) in [4.78, 5) is 38.5. The standard InChI is InChI=1S/C22H26N2O4/c1-3-4-14-23-20(25)16-28-22(27)19-13-9-8-12-18(19)21(26)24(2)15-17-10-6-5-7-11-17/h5-13H,3-4,14-16H2,1-2H3,(H,23,25). The fraction of sp³-hybridized carbons (Fsp3) is 0.318. The van der Waals surface area contributed by atoms with Gasteiger partial charge in [0.15, 0.2) is 6.61 Å². The number of hydrogen-bond acceptors (Lipinski definition) is 4. The fourth-order valence-corrected chi connectivity index (χ4v) is 2.65. The molecule has 28 heavy (non-hydrogen) atoms. The molecule has 0 aliphatic heterocycles. The Morgan fingerprint density at radius 3 is 2.29 bits per heavy atom. The van der Waals surface area contributed by atoms with E-state index in [2.05, 4.69) is 5.32 Å². The molecule has 0 aliphatic rings. The number of ether oxygens (including phenoxy) is 1. The third-order valence-corrected chi connectivity index (χ3v) is 4.17. The highest BCUT2D eigenvalue weighted by atomic mass is 16.5. The number of unbranched alkanes of at least 4 members (excludes halogenated alkanes) is 1. The number of amides is 2. The smallest absolute Gasteiger partial charge is 0.339 e. The lowest BCUT2D eigenvalue weighted by Gasteiger charge is -2.19. The van der Waals surface area contributed by atoms with E-state index in [9.17, 15) is 14.4 Å². The number of carbonyl (C=O) groups is 3. The first kappa shape index (κ1) is 21.2. The zero-order valence-corrected chi connectivity index (χ0v) is 16.3. The van der Waals surface area contributed by atoms with Crippen molar-refractivity contribution in [3.8, 4) is 0 Å². The third-order valence-electron chi connectivity index (χ3n) is 4.17. The van der Waals surface area contributed by atoms with E-state index in [1.165, 1.54) is 6.07 Å². The lowest BCUT2D eigenvalue weighted by molar-refractivity contribution is -0.124. The molecule has 148 valence electrons. The van der Waals surface area contributed by atoms with Gasteiger partial charge in [-0.25, -0.2) is 4.79 Å². The maximum absolute atomic E-state index is 12.8. The molecule has 0 atom stereocenters. The molecule has 1 N–H and O–H groups in total. The van der Waals surface area contributed by atoms with Gasteiger partial charge in [-0.2, -0.15) is 0 Å². The molecule has 2 rings (SSSR count). The van der Waals surface area contributed by atoms with Crippen molar-refractivity contribution < 1.29 is 19.1 Å². The van der Waals surface area contributed by atoms with Crippen LogP contribution in [0.5, 0.6) is 0 Å². The highest BCUT2D eigenvalue weighted by Gasteiger charge is 2.21. The monoisotopic (exact) mass is 382 g/mol. The Morgan fingerprint density at radius 1 is 0.964 bits per heavy atom. The fourth-order valence-electron chi connectivity index (χ4n) is 2.65. The molecule has 6 heteroatoms. The van der Waals surface area contributed by atoms with Crippen LogP contribution in [0.1, 0.15) is 46.0 Å². The van der Waals surface area contributed by atoms with Crippen molar-refractivity contribution in [3.05, 3.63) is 71.3 Å². The Kier molecular flexibility index (Phi) is 8.21. The second-order valence-electron chi connectivity index (χ2n) is 6.47. The number of carbonyl (C=O) groups excluding carboxylic acids is 3. The van der Waals surface area contributed by atoms with E-state index in [1.807, 2.05) is 37.3 Å². The largest absolute Gasteiger partial charge is 0.452 e. The van der Waals surface area contributed by atoms with Gasteiger partial charge in [0, 0.05) is 20.1 Å². The average Bonchev–Trinajstić information content (AvgIpc) is 2.72. The Bertz CT molecular complexity index is 805. The van der Waals surface area contributed by atoms with Crippen LogP contribution in [0, 0.1) is 0 Å². The second-order valence-corrected chi connectivity index (χ2v) is 6.47. The summed E-state index contributed by atoms with van der Waals surface area (Å²) in [5.41, 5.74) is 1.38. The molecule has 0 saturated carbocycles. The first-order chi connectivity index (χ1) is 13.5. The van der Waals surface area contributed by atoms with Gasteiger partial charge in [0.05, 0.1) is 11.1 Å². The van der Waals surface area contributed by atoms with Gasteiger partial charge < -0.3 is 15.0 Å². The lowest BCUT2D eigenvalue weighted by Crippen LogP contribution is -2.31. The van der Waals surface area contributed by atoms with Crippen LogP contribution < -0.4 is 5.32 Å². The number of benzene rings is 2. The lowest BCUT2D eigenvalue weighted by atomic mass is 10.1. The normalized spacial score (nSPS) is 10.2. The van der Waals surface area contributed by atoms with Gasteiger partial charge in [0.1, 0.15) is 0 Å². The molecule has 0 fully saturated rings. The van der Waals surface area contributed by atoms with Crippen LogP contribution >= 0.6 is 0 Å². The van der Waals surface area contributed by atoms with Gasteiger partial charge in [0.2, 0.25) is 0 Å². The van der Waals surface area contributed by atoms with Gasteiger partial charge in [-0.05, 0) is 24.1 Å². The second kappa shape index (κ2) is 10.9. The molecule has 0 aromatic heterocycles. The Balaban J connectivity index is 2.01. The molecule has 0 radical (unpaired) electrons. The summed E-state index contributed by atoms with van der Waals surface area (Å²) < 4.78 is 5.09. The molecule has 0 aliphatic carbocycles. The molecule has 0 spiro atoms. The SMILES string of the molecule is CCCCNC(=O)COC(=O)c1ccccc1C(=O)N(C)Cc1ccccc1. The summed E-state index contributed by atoms with van der Waals surface area (Å²) in [5, 5.41) is 2.68. The van der Waals surface area contributed by atoms with E-state index in [1.54, 1.807) is 30.1 Å². The quantitative estimate of drug-likeness (QED) is 0.534. The predicted molar refractivity (Wildman–Crippen MR) is 107 cm³/mol. The van der Waals surface area contributed by atoms with E-state index in [4.69, 9.17) is 4.74 Å². The number of rotatable bonds is 9. The van der Waals surface area contributed by atoms with Crippen LogP contribution in [-0.2, 0) is 16.1 Å². The maximum atomic E-state index is 12.8. The summed E-state index contributed by atoms with van der Waals surface area (Å²) in [6, 6.07) is 16.1. The summed E-state index contributed by atoms with van der Waals surface area (Å²) in [7, 11) is 1.68. The molecular weight excluding hydrogens is 356 g/mol. The van der Waals surface area contributed by atoms with Gasteiger partial charge >= 0.3 is 5.97 Å². The molecule has 2 amide bonds. The molecule has 0 heterocycles. The van der Waals surface area contributed by atoms with E-state index in [-0.39, 0.29) is 29.5 Å². The van der Waals surface area contributed by atoms with Crippen molar-refractivity contribution in [2.75, 3.05) is 20.2 Å². The number of hydrogen-bond donors (Lipinski definition) is 1. The highest BCUT2D eigenvalue weighted by Crippen LogP contribution is 2.14. The van der Waals surface area contributed by atoms with Crippen LogP contribution in [0.3, 0.4) is 0 Å². The van der Waals surface area contributed by atoms with Crippen molar-refractivity contribution in [1.29, 1.82) is 0 Å². The summed E-state index contributed by atoms with van der Waals surface area (Å²) in [6.45, 7) is 2.62. The summed E-state index contributed by atoms with van der Waals surface area (Å²) >= 11 is 0. The summed E-state index contributed by atoms with van der Waals surface area (Å²) in [6.07, 6.45) is 1.83. The van der Waals surface area contributed by atoms with Crippen molar-refractivity contribution in [1.82, 2.24) is 10.2 Å². The minimum atomic E-state index is -0.692. The number of nitrogens with one attached hydrogen (secondary N) is 1. The molecule has 2 aromatic rings. The number of nitrogens with zero attached hydrogens (tertiary/aromatic N) is 1. The van der Waals surface area contributed by atoms with E-state index >= 15 is 0 Å². The van der Waals surface area contributed by atoms with Crippen LogP contribution in [0.4, 0.5) is 0 Å². The Hall–Kier alpha value is -3.15. The zero-order valence-electron chi connectivity index (χ0n) is 16.3. The molecule has 0 bridgehead atoms. The van der Waals surface area contributed by atoms with Crippen LogP contribution in [0.2, 0.25) is 0 Å². The minimum Gasteiger partial charge on any atom is -0.452 e. The number of esters is 1. The van der Waals surface area contributed by atoms with Gasteiger partial charge in [0.25, 0.3) is 11.8 Å². The van der Waals surface area contributed by atoms with Gasteiger partial charge in [-0.3, -0.25) is 9.59 Å². The minimum absolute atomic E-state index is 0.147.